The SMILES string of the molecule is Brc1c[c]cc2nsnc12. The Kier molecular flexibility index (Phi) is 1.43. The number of hydrogen-bond donors (Lipinski definition) is 0. The molecule has 0 amide bonds. The van der Waals surface area contributed by atoms with E-state index >= 15 is 0 Å². The number of aromatic nitrogens is 2. The Morgan fingerprint density at radius 2 is 2.30 bits per heavy atom. The van der Waals surface area contributed by atoms with Crippen molar-refractivity contribution in [3.05, 3.63) is 22.7 Å². The van der Waals surface area contributed by atoms with Gasteiger partial charge in [-0.15, -0.1) is 0 Å². The fourth-order valence-corrected chi connectivity index (χ4v) is 1.80. The van der Waals surface area contributed by atoms with Crippen molar-refractivity contribution in [1.82, 2.24) is 8.75 Å². The van der Waals surface area contributed by atoms with E-state index in [1.165, 1.54) is 11.7 Å². The van der Waals surface area contributed by atoms with Crippen LogP contribution in [0.1, 0.15) is 0 Å². The van der Waals surface area contributed by atoms with Crippen molar-refractivity contribution in [2.45, 2.75) is 0 Å². The molecule has 10 heavy (non-hydrogen) atoms. The first-order valence-corrected chi connectivity index (χ1v) is 4.18. The molecule has 0 aliphatic heterocycles. The lowest BCUT2D eigenvalue weighted by Crippen LogP contribution is -1.69. The summed E-state index contributed by atoms with van der Waals surface area (Å²) in [6.07, 6.45) is 0. The van der Waals surface area contributed by atoms with Gasteiger partial charge >= 0.3 is 0 Å². The molecule has 1 aromatic heterocycles. The van der Waals surface area contributed by atoms with E-state index in [4.69, 9.17) is 0 Å². The molecule has 1 aromatic carbocycles. The maximum absolute atomic E-state index is 4.08. The number of nitrogens with zero attached hydrogens (tertiary/aromatic N) is 2. The zero-order chi connectivity index (χ0) is 6.97. The highest BCUT2D eigenvalue weighted by Gasteiger charge is 1.99. The molecule has 0 bridgehead atoms. The molecule has 2 rings (SSSR count). The van der Waals surface area contributed by atoms with E-state index in [2.05, 4.69) is 30.7 Å². The van der Waals surface area contributed by atoms with Gasteiger partial charge in [-0.3, -0.25) is 0 Å². The molecule has 1 heterocycles. The van der Waals surface area contributed by atoms with E-state index in [-0.39, 0.29) is 0 Å². The minimum atomic E-state index is 0.902. The maximum atomic E-state index is 4.08. The summed E-state index contributed by atoms with van der Waals surface area (Å²) in [4.78, 5) is 0. The van der Waals surface area contributed by atoms with Crippen LogP contribution in [0.2, 0.25) is 0 Å². The largest absolute Gasteiger partial charge is 0.173 e. The lowest BCUT2D eigenvalue weighted by atomic mass is 10.3. The summed E-state index contributed by atoms with van der Waals surface area (Å²) in [7, 11) is 0. The Bertz CT molecular complexity index is 357. The molecule has 0 N–H and O–H groups in total. The maximum Gasteiger partial charge on any atom is 0.119 e. The van der Waals surface area contributed by atoms with Crippen molar-refractivity contribution >= 4 is 38.7 Å². The van der Waals surface area contributed by atoms with E-state index in [0.717, 1.165) is 15.5 Å². The van der Waals surface area contributed by atoms with E-state index in [1.54, 1.807) is 0 Å². The van der Waals surface area contributed by atoms with Gasteiger partial charge in [0.2, 0.25) is 0 Å². The fourth-order valence-electron chi connectivity index (χ4n) is 0.718. The molecular weight excluding hydrogens is 212 g/mol. The van der Waals surface area contributed by atoms with Gasteiger partial charge in [0.05, 0.1) is 11.7 Å². The van der Waals surface area contributed by atoms with Gasteiger partial charge in [0.1, 0.15) is 11.0 Å². The molecule has 0 spiro atoms. The second-order valence-electron chi connectivity index (χ2n) is 1.80. The number of benzene rings is 1. The van der Waals surface area contributed by atoms with Crippen LogP contribution in [0.15, 0.2) is 16.6 Å². The second-order valence-corrected chi connectivity index (χ2v) is 3.18. The lowest BCUT2D eigenvalue weighted by Gasteiger charge is -1.86. The first-order chi connectivity index (χ1) is 4.88. The monoisotopic (exact) mass is 213 g/mol. The molecule has 0 unspecified atom stereocenters. The van der Waals surface area contributed by atoms with Crippen LogP contribution in [0.4, 0.5) is 0 Å². The first-order valence-electron chi connectivity index (χ1n) is 2.66. The summed E-state index contributed by atoms with van der Waals surface area (Å²) in [6, 6.07) is 6.61. The Labute approximate surface area is 70.3 Å². The van der Waals surface area contributed by atoms with Crippen molar-refractivity contribution in [2.75, 3.05) is 0 Å². The van der Waals surface area contributed by atoms with E-state index < -0.39 is 0 Å². The zero-order valence-electron chi connectivity index (χ0n) is 4.84. The quantitative estimate of drug-likeness (QED) is 0.672. The van der Waals surface area contributed by atoms with Crippen LogP contribution in [0, 0.1) is 6.07 Å². The molecule has 0 aliphatic rings. The first kappa shape index (κ1) is 6.24. The number of hydrogen-bond acceptors (Lipinski definition) is 3. The highest BCUT2D eigenvalue weighted by atomic mass is 79.9. The number of rotatable bonds is 0. The molecule has 0 aliphatic carbocycles. The molecule has 4 heteroatoms. The Hall–Kier alpha value is -0.480. The molecule has 2 nitrogen and oxygen atoms in total. The summed E-state index contributed by atoms with van der Waals surface area (Å²) in [5.41, 5.74) is 1.82. The zero-order valence-corrected chi connectivity index (χ0v) is 7.24. The van der Waals surface area contributed by atoms with Gasteiger partial charge in [-0.1, -0.05) is 0 Å². The molecular formula is C6H2BrN2S. The van der Waals surface area contributed by atoms with Crippen molar-refractivity contribution in [2.24, 2.45) is 0 Å². The molecule has 0 saturated heterocycles. The summed E-state index contributed by atoms with van der Waals surface area (Å²) in [5, 5.41) is 0. The van der Waals surface area contributed by atoms with Gasteiger partial charge in [0, 0.05) is 4.47 Å². The van der Waals surface area contributed by atoms with E-state index in [9.17, 15) is 0 Å². The van der Waals surface area contributed by atoms with Gasteiger partial charge in [0.15, 0.2) is 0 Å². The molecule has 1 radical (unpaired) electrons. The van der Waals surface area contributed by atoms with Gasteiger partial charge in [-0.25, -0.2) is 0 Å². The molecule has 2 aromatic rings. The Morgan fingerprint density at radius 1 is 1.40 bits per heavy atom. The molecule has 0 atom stereocenters. The van der Waals surface area contributed by atoms with Crippen molar-refractivity contribution < 1.29 is 0 Å². The summed E-state index contributed by atoms with van der Waals surface area (Å²) >= 11 is 4.57. The third kappa shape index (κ3) is 0.839. The molecule has 0 fully saturated rings. The Morgan fingerprint density at radius 3 is 3.10 bits per heavy atom. The molecule has 49 valence electrons. The van der Waals surface area contributed by atoms with Gasteiger partial charge in [0.25, 0.3) is 0 Å². The smallest absolute Gasteiger partial charge is 0.119 e. The average molecular weight is 214 g/mol. The topological polar surface area (TPSA) is 25.8 Å². The summed E-state index contributed by atoms with van der Waals surface area (Å²) in [6.45, 7) is 0. The third-order valence-corrected chi connectivity index (χ3v) is 2.32. The van der Waals surface area contributed by atoms with Crippen molar-refractivity contribution in [3.8, 4) is 0 Å². The predicted molar refractivity (Wildman–Crippen MR) is 44.0 cm³/mol. The number of fused-ring (bicyclic) bond motifs is 1. The summed E-state index contributed by atoms with van der Waals surface area (Å²) in [5.74, 6) is 0. The van der Waals surface area contributed by atoms with Crippen LogP contribution in [-0.4, -0.2) is 8.75 Å². The second kappa shape index (κ2) is 2.29. The summed E-state index contributed by atoms with van der Waals surface area (Å²) < 4.78 is 9.09. The van der Waals surface area contributed by atoms with E-state index in [0.29, 0.717) is 0 Å². The number of halogens is 1. The van der Waals surface area contributed by atoms with Crippen LogP contribution < -0.4 is 0 Å². The third-order valence-electron chi connectivity index (χ3n) is 1.17. The Balaban J connectivity index is 2.95. The lowest BCUT2D eigenvalue weighted by molar-refractivity contribution is 1.60. The van der Waals surface area contributed by atoms with Gasteiger partial charge < -0.3 is 0 Å². The fraction of sp³-hybridized carbons (Fsp3) is 0. The van der Waals surface area contributed by atoms with Gasteiger partial charge in [-0.05, 0) is 34.1 Å². The van der Waals surface area contributed by atoms with Crippen LogP contribution in [-0.2, 0) is 0 Å². The highest BCUT2D eigenvalue weighted by molar-refractivity contribution is 9.10. The van der Waals surface area contributed by atoms with Gasteiger partial charge in [-0.2, -0.15) is 8.75 Å². The van der Waals surface area contributed by atoms with Crippen LogP contribution in [0.25, 0.3) is 11.0 Å². The van der Waals surface area contributed by atoms with Crippen LogP contribution >= 0.6 is 27.7 Å². The minimum absolute atomic E-state index is 0.902. The highest BCUT2D eigenvalue weighted by Crippen LogP contribution is 2.20. The molecule has 0 saturated carbocycles. The van der Waals surface area contributed by atoms with Crippen molar-refractivity contribution in [3.63, 3.8) is 0 Å². The van der Waals surface area contributed by atoms with Crippen LogP contribution in [0.3, 0.4) is 0 Å². The average Bonchev–Trinajstić information content (AvgIpc) is 2.36. The minimum Gasteiger partial charge on any atom is -0.173 e. The van der Waals surface area contributed by atoms with Crippen molar-refractivity contribution in [1.29, 1.82) is 0 Å². The standard InChI is InChI=1S/C6H2BrN2S/c7-4-2-1-3-5-6(4)9-10-8-5/h2-3H. The van der Waals surface area contributed by atoms with Crippen LogP contribution in [0.5, 0.6) is 0 Å². The normalized spacial score (nSPS) is 10.5. The van der Waals surface area contributed by atoms with E-state index in [1.807, 2.05) is 12.1 Å². The predicted octanol–water partition coefficient (Wildman–Crippen LogP) is 2.25.